The molecule has 0 unspecified atom stereocenters. The van der Waals surface area contributed by atoms with Gasteiger partial charge in [-0.05, 0) is 32.4 Å². The highest BCUT2D eigenvalue weighted by molar-refractivity contribution is 5.81. The van der Waals surface area contributed by atoms with E-state index in [9.17, 15) is 4.79 Å². The molecule has 15 heavy (non-hydrogen) atoms. The van der Waals surface area contributed by atoms with Crippen LogP contribution in [0, 0.1) is 0 Å². The van der Waals surface area contributed by atoms with Crippen molar-refractivity contribution in [3.63, 3.8) is 0 Å². The normalized spacial score (nSPS) is 17.4. The average molecular weight is 211 g/mol. The van der Waals surface area contributed by atoms with Crippen LogP contribution in [-0.4, -0.2) is 37.1 Å². The molecule has 0 aromatic heterocycles. The molecule has 1 saturated heterocycles. The van der Waals surface area contributed by atoms with Gasteiger partial charge in [-0.3, -0.25) is 4.90 Å². The summed E-state index contributed by atoms with van der Waals surface area (Å²) in [5.74, 6) is -0.206. The first-order chi connectivity index (χ1) is 7.33. The molecule has 0 radical (unpaired) electrons. The summed E-state index contributed by atoms with van der Waals surface area (Å²) in [6.45, 7) is 5.83. The molecule has 1 rings (SSSR count). The van der Waals surface area contributed by atoms with E-state index in [4.69, 9.17) is 4.74 Å². The summed E-state index contributed by atoms with van der Waals surface area (Å²) in [6.07, 6.45) is 8.04. The van der Waals surface area contributed by atoms with Crippen molar-refractivity contribution in [1.82, 2.24) is 4.90 Å². The Kier molecular flexibility index (Phi) is 6.09. The van der Waals surface area contributed by atoms with E-state index in [1.54, 1.807) is 6.08 Å². The van der Waals surface area contributed by atoms with Crippen molar-refractivity contribution >= 4 is 5.97 Å². The van der Waals surface area contributed by atoms with Crippen molar-refractivity contribution in [1.29, 1.82) is 0 Å². The van der Waals surface area contributed by atoms with Crippen LogP contribution in [0.1, 0.15) is 32.6 Å². The predicted molar refractivity (Wildman–Crippen MR) is 60.7 cm³/mol. The van der Waals surface area contributed by atoms with Crippen LogP contribution >= 0.6 is 0 Å². The number of nitrogens with zero attached hydrogens (tertiary/aromatic N) is 1. The molecule has 0 N–H and O–H groups in total. The van der Waals surface area contributed by atoms with Gasteiger partial charge in [0, 0.05) is 12.6 Å². The van der Waals surface area contributed by atoms with E-state index in [1.165, 1.54) is 12.8 Å². The summed E-state index contributed by atoms with van der Waals surface area (Å²) >= 11 is 0. The molecular formula is C12H21NO2. The molecule has 0 bridgehead atoms. The first-order valence-corrected chi connectivity index (χ1v) is 5.88. The van der Waals surface area contributed by atoms with E-state index < -0.39 is 0 Å². The zero-order valence-corrected chi connectivity index (χ0v) is 9.58. The Hall–Kier alpha value is -0.830. The molecule has 0 atom stereocenters. The zero-order valence-electron chi connectivity index (χ0n) is 9.58. The van der Waals surface area contributed by atoms with E-state index >= 15 is 0 Å². The molecule has 0 amide bonds. The maximum atomic E-state index is 11.2. The Bertz CT molecular complexity index is 208. The molecule has 0 spiro atoms. The molecule has 3 nitrogen and oxygen atoms in total. The summed E-state index contributed by atoms with van der Waals surface area (Å²) in [5.41, 5.74) is 0. The summed E-state index contributed by atoms with van der Waals surface area (Å²) < 4.78 is 5.00. The minimum Gasteiger partial charge on any atom is -0.463 e. The van der Waals surface area contributed by atoms with Crippen molar-refractivity contribution < 1.29 is 9.53 Å². The van der Waals surface area contributed by atoms with Crippen molar-refractivity contribution in [3.05, 3.63) is 12.2 Å². The summed E-state index contributed by atoms with van der Waals surface area (Å²) in [6, 6.07) is 0. The minimum atomic E-state index is -0.206. The molecule has 1 aliphatic rings. The number of hydrogen-bond acceptors (Lipinski definition) is 3. The van der Waals surface area contributed by atoms with Crippen LogP contribution < -0.4 is 0 Å². The molecule has 0 aromatic carbocycles. The Morgan fingerprint density at radius 2 is 2.13 bits per heavy atom. The van der Waals surface area contributed by atoms with Crippen LogP contribution in [0.2, 0.25) is 0 Å². The zero-order chi connectivity index (χ0) is 10.9. The van der Waals surface area contributed by atoms with Crippen molar-refractivity contribution in [2.45, 2.75) is 32.6 Å². The van der Waals surface area contributed by atoms with E-state index in [0.717, 1.165) is 32.5 Å². The summed E-state index contributed by atoms with van der Waals surface area (Å²) in [4.78, 5) is 13.5. The largest absolute Gasteiger partial charge is 0.463 e. The van der Waals surface area contributed by atoms with Gasteiger partial charge in [0.1, 0.15) is 0 Å². The maximum absolute atomic E-state index is 11.2. The predicted octanol–water partition coefficient (Wildman–Crippen LogP) is 1.98. The average Bonchev–Trinajstić information content (AvgIpc) is 2.71. The Labute approximate surface area is 92.1 Å². The van der Waals surface area contributed by atoms with Crippen LogP contribution in [0.25, 0.3) is 0 Å². The van der Waals surface area contributed by atoms with Gasteiger partial charge in [0.05, 0.1) is 6.61 Å². The third-order valence-corrected chi connectivity index (χ3v) is 2.56. The first kappa shape index (κ1) is 12.2. The van der Waals surface area contributed by atoms with Gasteiger partial charge in [-0.15, -0.1) is 0 Å². The molecule has 1 fully saturated rings. The van der Waals surface area contributed by atoms with Gasteiger partial charge < -0.3 is 4.74 Å². The third-order valence-electron chi connectivity index (χ3n) is 2.56. The number of carbonyl (C=O) groups is 1. The smallest absolute Gasteiger partial charge is 0.330 e. The Morgan fingerprint density at radius 3 is 2.80 bits per heavy atom. The van der Waals surface area contributed by atoms with E-state index in [-0.39, 0.29) is 5.97 Å². The molecule has 86 valence electrons. The first-order valence-electron chi connectivity index (χ1n) is 5.88. The van der Waals surface area contributed by atoms with Crippen LogP contribution in [0.15, 0.2) is 12.2 Å². The third kappa shape index (κ3) is 5.57. The van der Waals surface area contributed by atoms with Crippen LogP contribution in [0.3, 0.4) is 0 Å². The number of hydrogen-bond donors (Lipinski definition) is 0. The molecule has 0 aliphatic carbocycles. The maximum Gasteiger partial charge on any atom is 0.330 e. The topological polar surface area (TPSA) is 29.5 Å². The lowest BCUT2D eigenvalue weighted by atomic mass is 10.4. The monoisotopic (exact) mass is 211 g/mol. The van der Waals surface area contributed by atoms with Gasteiger partial charge in [0.2, 0.25) is 0 Å². The second kappa shape index (κ2) is 7.46. The Morgan fingerprint density at radius 1 is 1.40 bits per heavy atom. The SMILES string of the molecule is CCCCOC(=O)/C=C/CN1CCCC1. The van der Waals surface area contributed by atoms with Crippen molar-refractivity contribution in [2.24, 2.45) is 0 Å². The second-order valence-electron chi connectivity index (χ2n) is 3.93. The number of esters is 1. The number of unbranched alkanes of at least 4 members (excludes halogenated alkanes) is 1. The molecular weight excluding hydrogens is 190 g/mol. The fourth-order valence-corrected chi connectivity index (χ4v) is 1.63. The highest BCUT2D eigenvalue weighted by atomic mass is 16.5. The fourth-order valence-electron chi connectivity index (χ4n) is 1.63. The van der Waals surface area contributed by atoms with Crippen LogP contribution in [0.5, 0.6) is 0 Å². The van der Waals surface area contributed by atoms with Crippen molar-refractivity contribution in [2.75, 3.05) is 26.2 Å². The quantitative estimate of drug-likeness (QED) is 0.382. The minimum absolute atomic E-state index is 0.206. The lowest BCUT2D eigenvalue weighted by molar-refractivity contribution is -0.137. The van der Waals surface area contributed by atoms with Crippen molar-refractivity contribution in [3.8, 4) is 0 Å². The molecule has 0 saturated carbocycles. The van der Waals surface area contributed by atoms with E-state index in [1.807, 2.05) is 6.08 Å². The fraction of sp³-hybridized carbons (Fsp3) is 0.750. The highest BCUT2D eigenvalue weighted by Crippen LogP contribution is 2.06. The van der Waals surface area contributed by atoms with Gasteiger partial charge in [-0.1, -0.05) is 19.4 Å². The van der Waals surface area contributed by atoms with Crippen LogP contribution in [-0.2, 0) is 9.53 Å². The highest BCUT2D eigenvalue weighted by Gasteiger charge is 2.08. The lowest BCUT2D eigenvalue weighted by Gasteiger charge is -2.10. The van der Waals surface area contributed by atoms with Gasteiger partial charge in [-0.25, -0.2) is 4.79 Å². The van der Waals surface area contributed by atoms with Crippen LogP contribution in [0.4, 0.5) is 0 Å². The second-order valence-corrected chi connectivity index (χ2v) is 3.93. The number of rotatable bonds is 6. The van der Waals surface area contributed by atoms with Gasteiger partial charge >= 0.3 is 5.97 Å². The number of likely N-dealkylation sites (tertiary alicyclic amines) is 1. The molecule has 1 heterocycles. The number of ether oxygens (including phenoxy) is 1. The van der Waals surface area contributed by atoms with Gasteiger partial charge in [0.15, 0.2) is 0 Å². The lowest BCUT2D eigenvalue weighted by Crippen LogP contribution is -2.19. The molecule has 3 heteroatoms. The number of carbonyl (C=O) groups excluding carboxylic acids is 1. The molecule has 0 aromatic rings. The standard InChI is InChI=1S/C12H21NO2/c1-2-3-11-15-12(14)7-6-10-13-8-4-5-9-13/h6-7H,2-5,8-11H2,1H3/b7-6+. The van der Waals surface area contributed by atoms with Gasteiger partial charge in [0.25, 0.3) is 0 Å². The molecule has 1 aliphatic heterocycles. The van der Waals surface area contributed by atoms with Gasteiger partial charge in [-0.2, -0.15) is 0 Å². The Balaban J connectivity index is 2.05. The van der Waals surface area contributed by atoms with E-state index in [2.05, 4.69) is 11.8 Å². The summed E-state index contributed by atoms with van der Waals surface area (Å²) in [5, 5.41) is 0. The summed E-state index contributed by atoms with van der Waals surface area (Å²) in [7, 11) is 0. The van der Waals surface area contributed by atoms with E-state index in [0.29, 0.717) is 6.61 Å².